The summed E-state index contributed by atoms with van der Waals surface area (Å²) in [6.45, 7) is 1.30. The van der Waals surface area contributed by atoms with E-state index < -0.39 is 34.9 Å². The maximum Gasteiger partial charge on any atom is 0.397 e. The Labute approximate surface area is 196 Å². The van der Waals surface area contributed by atoms with Crippen molar-refractivity contribution in [3.05, 3.63) is 36.7 Å². The molecule has 0 radical (unpaired) electrons. The summed E-state index contributed by atoms with van der Waals surface area (Å²) in [6.07, 6.45) is -2.97. The predicted molar refractivity (Wildman–Crippen MR) is 123 cm³/mol. The molecule has 0 unspecified atom stereocenters. The van der Waals surface area contributed by atoms with Crippen molar-refractivity contribution in [2.24, 2.45) is 5.73 Å². The van der Waals surface area contributed by atoms with E-state index in [9.17, 15) is 18.1 Å². The second-order valence-corrected chi connectivity index (χ2v) is 9.10. The Kier molecular flexibility index (Phi) is 7.09. The van der Waals surface area contributed by atoms with Crippen molar-refractivity contribution in [1.82, 2.24) is 24.4 Å². The second-order valence-electron chi connectivity index (χ2n) is 8.05. The number of nitrogens with two attached hydrogens (primary N) is 2. The first-order valence-corrected chi connectivity index (χ1v) is 12.0. The first-order valence-electron chi connectivity index (χ1n) is 10.6. The summed E-state index contributed by atoms with van der Waals surface area (Å²) in [5, 5.41) is 11.2. The molecule has 14 heteroatoms. The van der Waals surface area contributed by atoms with Crippen molar-refractivity contribution in [1.29, 1.82) is 0 Å². The smallest absolute Gasteiger partial charge is 0.385 e. The molecule has 0 saturated carbocycles. The minimum atomic E-state index is -4.88. The van der Waals surface area contributed by atoms with Gasteiger partial charge in [-0.1, -0.05) is 30.3 Å². The van der Waals surface area contributed by atoms with E-state index in [0.717, 1.165) is 0 Å². The molecule has 1 fully saturated rings. The quantitative estimate of drug-likeness (QED) is 0.287. The fourth-order valence-electron chi connectivity index (χ4n) is 4.06. The number of nitrogens with zero attached hydrogens (tertiary/aromatic N) is 5. The largest absolute Gasteiger partial charge is 0.397 e. The molecule has 1 saturated heterocycles. The molecular formula is C20H27N7O6S. The van der Waals surface area contributed by atoms with Crippen LogP contribution in [0.3, 0.4) is 0 Å². The minimum absolute atomic E-state index is 0.136. The summed E-state index contributed by atoms with van der Waals surface area (Å²) in [5.74, 6) is 0.520. The molecular weight excluding hydrogens is 466 g/mol. The van der Waals surface area contributed by atoms with Crippen molar-refractivity contribution in [2.75, 3.05) is 32.4 Å². The van der Waals surface area contributed by atoms with Gasteiger partial charge in [0, 0.05) is 12.1 Å². The lowest BCUT2D eigenvalue weighted by molar-refractivity contribution is -0.0410. The molecule has 1 aliphatic rings. The maximum absolute atomic E-state index is 11.6. The Morgan fingerprint density at radius 2 is 2.00 bits per heavy atom. The first kappa shape index (κ1) is 24.4. The average molecular weight is 494 g/mol. The van der Waals surface area contributed by atoms with E-state index in [1.54, 1.807) is 7.05 Å². The van der Waals surface area contributed by atoms with Crippen molar-refractivity contribution in [2.45, 2.75) is 31.0 Å². The van der Waals surface area contributed by atoms with Gasteiger partial charge in [0.15, 0.2) is 23.2 Å². The first-order chi connectivity index (χ1) is 16.2. The molecule has 4 atom stereocenters. The van der Waals surface area contributed by atoms with Gasteiger partial charge in [0.05, 0.1) is 0 Å². The number of hydrogen-bond donors (Lipinski definition) is 4. The fourth-order valence-corrected chi connectivity index (χ4v) is 4.58. The molecule has 34 heavy (non-hydrogen) atoms. The number of rotatable bonds is 9. The van der Waals surface area contributed by atoms with E-state index in [1.165, 1.54) is 10.9 Å². The van der Waals surface area contributed by atoms with E-state index in [0.29, 0.717) is 36.4 Å². The highest BCUT2D eigenvalue weighted by molar-refractivity contribution is 7.80. The van der Waals surface area contributed by atoms with Crippen LogP contribution < -0.4 is 11.5 Å². The Balaban J connectivity index is 1.78. The predicted octanol–water partition coefficient (Wildman–Crippen LogP) is -0.198. The summed E-state index contributed by atoms with van der Waals surface area (Å²) in [6, 6.07) is 9.10. The number of fused-ring (bicyclic) bond motifs is 1. The number of imidazole rings is 1. The van der Waals surface area contributed by atoms with Crippen LogP contribution in [0.5, 0.6) is 0 Å². The Bertz CT molecular complexity index is 1240. The normalized spacial score (nSPS) is 23.2. The number of aliphatic hydroxyl groups excluding tert-OH is 1. The molecule has 1 aliphatic heterocycles. The highest BCUT2D eigenvalue weighted by atomic mass is 32.3. The Hall–Kier alpha value is -2.72. The zero-order chi connectivity index (χ0) is 24.5. The van der Waals surface area contributed by atoms with Crippen molar-refractivity contribution in [3.63, 3.8) is 0 Å². The van der Waals surface area contributed by atoms with Gasteiger partial charge in [-0.25, -0.2) is 19.1 Å². The van der Waals surface area contributed by atoms with Gasteiger partial charge in [-0.2, -0.15) is 8.42 Å². The van der Waals surface area contributed by atoms with Gasteiger partial charge in [-0.15, -0.1) is 0 Å². The average Bonchev–Trinajstić information content (AvgIpc) is 3.31. The third-order valence-electron chi connectivity index (χ3n) is 5.57. The summed E-state index contributed by atoms with van der Waals surface area (Å²) < 4.78 is 45.0. The number of aromatic nitrogens is 4. The van der Waals surface area contributed by atoms with Crippen LogP contribution in [0, 0.1) is 0 Å². The van der Waals surface area contributed by atoms with Gasteiger partial charge in [-0.3, -0.25) is 9.12 Å². The van der Waals surface area contributed by atoms with Crippen LogP contribution >= 0.6 is 0 Å². The Morgan fingerprint density at radius 3 is 2.68 bits per heavy atom. The molecule has 3 heterocycles. The number of aliphatic hydroxyl groups is 1. The number of likely N-dealkylation sites (N-methyl/N-ethyl adjacent to an activating group) is 1. The van der Waals surface area contributed by atoms with Crippen LogP contribution in [0.2, 0.25) is 0 Å². The van der Waals surface area contributed by atoms with Crippen LogP contribution in [-0.2, 0) is 19.3 Å². The summed E-state index contributed by atoms with van der Waals surface area (Å²) in [7, 11) is -3.07. The molecule has 13 nitrogen and oxygen atoms in total. The molecule has 1 aromatic carbocycles. The van der Waals surface area contributed by atoms with Crippen molar-refractivity contribution >= 4 is 27.4 Å². The van der Waals surface area contributed by atoms with Gasteiger partial charge in [0.25, 0.3) is 0 Å². The van der Waals surface area contributed by atoms with Crippen LogP contribution in [0.1, 0.15) is 12.6 Å². The van der Waals surface area contributed by atoms with Gasteiger partial charge in [0.2, 0.25) is 0 Å². The number of ether oxygens (including phenoxy) is 1. The van der Waals surface area contributed by atoms with Gasteiger partial charge < -0.3 is 26.2 Å². The molecule has 0 amide bonds. The van der Waals surface area contributed by atoms with Crippen molar-refractivity contribution < 1.29 is 27.0 Å². The topological polar surface area (TPSA) is 192 Å². The molecule has 4 rings (SSSR count). The molecule has 6 N–H and O–H groups in total. The van der Waals surface area contributed by atoms with Crippen LogP contribution in [0.4, 0.5) is 5.82 Å². The molecule has 0 spiro atoms. The zero-order valence-electron chi connectivity index (χ0n) is 18.4. The second kappa shape index (κ2) is 9.87. The Morgan fingerprint density at radius 1 is 1.26 bits per heavy atom. The summed E-state index contributed by atoms with van der Waals surface area (Å²) in [4.78, 5) is 14.7. The third kappa shape index (κ3) is 5.02. The maximum atomic E-state index is 11.6. The van der Waals surface area contributed by atoms with Crippen LogP contribution in [0.15, 0.2) is 36.7 Å². The number of hydrogen-bond acceptors (Lipinski definition) is 11. The zero-order valence-corrected chi connectivity index (χ0v) is 19.2. The number of benzene rings is 1. The van der Waals surface area contributed by atoms with E-state index in [1.807, 2.05) is 35.2 Å². The molecule has 0 bridgehead atoms. The van der Waals surface area contributed by atoms with Gasteiger partial charge in [0.1, 0.15) is 30.5 Å². The SMILES string of the molecule is CN(CCCN)C[C@H]1O[C@@H](n2c(-c3ccccc3)nc3c(N)ncnc32)[C@H](O)[C@@H]1OS(=O)(=O)O. The van der Waals surface area contributed by atoms with E-state index >= 15 is 0 Å². The fraction of sp³-hybridized carbons (Fsp3) is 0.450. The van der Waals surface area contributed by atoms with Crippen LogP contribution in [0.25, 0.3) is 22.6 Å². The molecule has 184 valence electrons. The van der Waals surface area contributed by atoms with E-state index in [4.69, 9.17) is 20.4 Å². The van der Waals surface area contributed by atoms with E-state index in [2.05, 4.69) is 15.0 Å². The monoisotopic (exact) mass is 493 g/mol. The minimum Gasteiger partial charge on any atom is -0.385 e. The summed E-state index contributed by atoms with van der Waals surface area (Å²) in [5.41, 5.74) is 12.9. The third-order valence-corrected chi connectivity index (χ3v) is 6.03. The van der Waals surface area contributed by atoms with Crippen molar-refractivity contribution in [3.8, 4) is 11.4 Å². The van der Waals surface area contributed by atoms with Crippen LogP contribution in [-0.4, -0.2) is 87.5 Å². The lowest BCUT2D eigenvalue weighted by Crippen LogP contribution is -2.42. The number of nitrogen functional groups attached to an aromatic ring is 1. The highest BCUT2D eigenvalue weighted by Crippen LogP contribution is 2.38. The molecule has 3 aromatic rings. The molecule has 0 aliphatic carbocycles. The molecule has 2 aromatic heterocycles. The van der Waals surface area contributed by atoms with E-state index in [-0.39, 0.29) is 18.0 Å². The standard InChI is InChI=1S/C20H27N7O6S/c1-26(9-5-8-21)10-13-16(33-34(29,30)31)15(28)20(32-13)27-18(12-6-3-2-4-7-12)25-14-17(22)23-11-24-19(14)27/h2-4,6-7,11,13,15-16,20,28H,5,8-10,21H2,1H3,(H2,22,23,24)(H,29,30,31)/t13-,15-,16-,20-/m1/s1. The van der Waals surface area contributed by atoms with Gasteiger partial charge in [-0.05, 0) is 26.6 Å². The lowest BCUT2D eigenvalue weighted by atomic mass is 10.1. The number of anilines is 1. The summed E-state index contributed by atoms with van der Waals surface area (Å²) >= 11 is 0. The van der Waals surface area contributed by atoms with Gasteiger partial charge >= 0.3 is 10.4 Å². The highest BCUT2D eigenvalue weighted by Gasteiger charge is 2.49. The lowest BCUT2D eigenvalue weighted by Gasteiger charge is -2.24.